The van der Waals surface area contributed by atoms with Crippen LogP contribution >= 0.6 is 11.6 Å². The molecule has 2 heterocycles. The fraction of sp³-hybridized carbons (Fsp3) is 0.611. The largest absolute Gasteiger partial charge is 0.444 e. The maximum Gasteiger partial charge on any atom is 0.413 e. The van der Waals surface area contributed by atoms with Crippen molar-refractivity contribution in [2.75, 3.05) is 13.1 Å². The fourth-order valence-electron chi connectivity index (χ4n) is 3.12. The molecule has 0 spiro atoms. The van der Waals surface area contributed by atoms with Crippen molar-refractivity contribution in [3.05, 3.63) is 26.6 Å². The summed E-state index contributed by atoms with van der Waals surface area (Å²) in [7, 11) is 1.22. The summed E-state index contributed by atoms with van der Waals surface area (Å²) in [6.45, 7) is 3.57. The van der Waals surface area contributed by atoms with Crippen LogP contribution in [0.5, 0.6) is 0 Å². The van der Waals surface area contributed by atoms with Crippen LogP contribution < -0.4 is 10.9 Å². The minimum Gasteiger partial charge on any atom is -0.444 e. The molecule has 1 aromatic heterocycles. The van der Waals surface area contributed by atoms with Crippen molar-refractivity contribution in [3.63, 3.8) is 0 Å². The minimum absolute atomic E-state index is 0.207. The van der Waals surface area contributed by atoms with E-state index >= 15 is 0 Å². The summed E-state index contributed by atoms with van der Waals surface area (Å²) in [5.41, 5.74) is -5.23. The van der Waals surface area contributed by atoms with Gasteiger partial charge in [-0.3, -0.25) is 14.4 Å². The second-order valence-corrected chi connectivity index (χ2v) is 8.54. The van der Waals surface area contributed by atoms with Crippen LogP contribution in [-0.4, -0.2) is 63.4 Å². The van der Waals surface area contributed by atoms with Gasteiger partial charge in [-0.1, -0.05) is 11.6 Å². The molecule has 1 aromatic rings. The van der Waals surface area contributed by atoms with Crippen LogP contribution in [0.4, 0.5) is 18.0 Å². The number of nitrogens with zero attached hydrogens (tertiary/aromatic N) is 3. The van der Waals surface area contributed by atoms with Crippen LogP contribution in [0.25, 0.3) is 0 Å². The molecule has 0 radical (unpaired) electrons. The highest BCUT2D eigenvalue weighted by molar-refractivity contribution is 6.31. The van der Waals surface area contributed by atoms with Crippen molar-refractivity contribution >= 4 is 29.9 Å². The molecule has 2 amide bonds. The topological polar surface area (TPSA) is 111 Å². The number of amides is 2. The molecule has 13 heteroatoms. The summed E-state index contributed by atoms with van der Waals surface area (Å²) in [5, 5.41) is 5.14. The Morgan fingerprint density at radius 3 is 2.45 bits per heavy atom. The van der Waals surface area contributed by atoms with Crippen molar-refractivity contribution in [1.29, 1.82) is 0 Å². The van der Waals surface area contributed by atoms with Gasteiger partial charge in [-0.05, 0) is 27.2 Å². The average molecular weight is 467 g/mol. The Labute approximate surface area is 180 Å². The molecule has 9 nitrogen and oxygen atoms in total. The van der Waals surface area contributed by atoms with Crippen molar-refractivity contribution in [2.45, 2.75) is 50.9 Å². The van der Waals surface area contributed by atoms with E-state index in [4.69, 9.17) is 16.3 Å². The van der Waals surface area contributed by atoms with Gasteiger partial charge < -0.3 is 15.0 Å². The summed E-state index contributed by atoms with van der Waals surface area (Å²) < 4.78 is 47.6. The van der Waals surface area contributed by atoms with Crippen LogP contribution in [0.3, 0.4) is 0 Å². The van der Waals surface area contributed by atoms with Crippen LogP contribution in [0.2, 0.25) is 5.15 Å². The lowest BCUT2D eigenvalue weighted by Gasteiger charge is -2.33. The molecule has 1 saturated heterocycles. The highest BCUT2D eigenvalue weighted by Crippen LogP contribution is 2.38. The van der Waals surface area contributed by atoms with E-state index in [9.17, 15) is 32.3 Å². The molecule has 2 rings (SSSR count). The first kappa shape index (κ1) is 24.6. The summed E-state index contributed by atoms with van der Waals surface area (Å²) in [6.07, 6.45) is -7.05. The maximum atomic E-state index is 13.9. The third kappa shape index (κ3) is 5.35. The van der Waals surface area contributed by atoms with Crippen molar-refractivity contribution in [1.82, 2.24) is 20.0 Å². The lowest BCUT2D eigenvalue weighted by atomic mass is 9.97. The molecule has 172 valence electrons. The third-order valence-electron chi connectivity index (χ3n) is 4.63. The van der Waals surface area contributed by atoms with Crippen LogP contribution in [0.1, 0.15) is 43.1 Å². The van der Waals surface area contributed by atoms with Crippen LogP contribution in [0.15, 0.2) is 4.79 Å². The Balaban J connectivity index is 2.28. The first-order valence-corrected chi connectivity index (χ1v) is 9.54. The van der Waals surface area contributed by atoms with Gasteiger partial charge >= 0.3 is 12.3 Å². The molecular weight excluding hydrogens is 445 g/mol. The van der Waals surface area contributed by atoms with Gasteiger partial charge in [-0.2, -0.15) is 18.3 Å². The van der Waals surface area contributed by atoms with Gasteiger partial charge in [0.05, 0.1) is 18.5 Å². The molecule has 1 N–H and O–H groups in total. The van der Waals surface area contributed by atoms with Crippen molar-refractivity contribution in [2.24, 2.45) is 7.05 Å². The van der Waals surface area contributed by atoms with E-state index in [0.29, 0.717) is 0 Å². The zero-order valence-corrected chi connectivity index (χ0v) is 18.1. The summed E-state index contributed by atoms with van der Waals surface area (Å²) in [6, 6.07) is 0. The normalized spacial score (nSPS) is 19.3. The number of carbonyl (C=O) groups is 3. The van der Waals surface area contributed by atoms with Crippen molar-refractivity contribution < 1.29 is 32.3 Å². The van der Waals surface area contributed by atoms with E-state index in [1.807, 2.05) is 5.32 Å². The molecule has 1 fully saturated rings. The van der Waals surface area contributed by atoms with E-state index in [2.05, 4.69) is 5.10 Å². The van der Waals surface area contributed by atoms with Gasteiger partial charge in [0.25, 0.3) is 5.56 Å². The first-order chi connectivity index (χ1) is 14.1. The average Bonchev–Trinajstić information content (AvgIpc) is 3.03. The number of hydrogen-bond acceptors (Lipinski definition) is 6. The molecule has 31 heavy (non-hydrogen) atoms. The number of hydrogen-bond donors (Lipinski definition) is 1. The second kappa shape index (κ2) is 8.48. The number of halogens is 4. The van der Waals surface area contributed by atoms with Gasteiger partial charge in [0, 0.05) is 19.2 Å². The van der Waals surface area contributed by atoms with Gasteiger partial charge in [0.2, 0.25) is 5.91 Å². The second-order valence-electron chi connectivity index (χ2n) is 8.19. The molecule has 0 bridgehead atoms. The van der Waals surface area contributed by atoms with E-state index in [-0.39, 0.29) is 29.1 Å². The zero-order valence-electron chi connectivity index (χ0n) is 17.3. The Bertz CT molecular complexity index is 957. The molecular formula is C18H22ClF3N4O5. The number of aromatic nitrogens is 2. The molecule has 1 aliphatic heterocycles. The van der Waals surface area contributed by atoms with Gasteiger partial charge in [0.15, 0.2) is 17.0 Å². The highest BCUT2D eigenvalue weighted by atomic mass is 35.5. The highest BCUT2D eigenvalue weighted by Gasteiger charge is 2.60. The molecule has 1 atom stereocenters. The molecule has 0 aromatic carbocycles. The lowest BCUT2D eigenvalue weighted by molar-refractivity contribution is -0.194. The number of aldehydes is 1. The Morgan fingerprint density at radius 2 is 1.94 bits per heavy atom. The van der Waals surface area contributed by atoms with Crippen molar-refractivity contribution in [3.8, 4) is 0 Å². The lowest BCUT2D eigenvalue weighted by Crippen LogP contribution is -2.61. The van der Waals surface area contributed by atoms with Crippen LogP contribution in [0, 0.1) is 0 Å². The molecule has 0 saturated carbocycles. The number of carbonyl (C=O) groups excluding carboxylic acids is 3. The standard InChI is InChI=1S/C18H22ClF3N4O5/c1-16(2,3)31-15(30)26-6-5-17(9-26,18(20,21)22)23-12(28)7-10-11(8-27)13(19)24-25(4)14(10)29/h8H,5-7,9H2,1-4H3,(H,23,28). The van der Waals surface area contributed by atoms with E-state index in [1.54, 1.807) is 20.8 Å². The Hall–Kier alpha value is -2.63. The quantitative estimate of drug-likeness (QED) is 0.678. The first-order valence-electron chi connectivity index (χ1n) is 9.17. The number of aryl methyl sites for hydroxylation is 1. The smallest absolute Gasteiger partial charge is 0.413 e. The fourth-order valence-corrected chi connectivity index (χ4v) is 3.40. The van der Waals surface area contributed by atoms with Gasteiger partial charge in [-0.25, -0.2) is 9.48 Å². The maximum absolute atomic E-state index is 13.9. The Morgan fingerprint density at radius 1 is 1.32 bits per heavy atom. The molecule has 1 aliphatic rings. The van der Waals surface area contributed by atoms with Gasteiger partial charge in [-0.15, -0.1) is 0 Å². The van der Waals surface area contributed by atoms with E-state index in [1.165, 1.54) is 7.05 Å². The predicted molar refractivity (Wildman–Crippen MR) is 103 cm³/mol. The SMILES string of the molecule is Cn1nc(Cl)c(C=O)c(CC(=O)NC2(C(F)(F)F)CCN(C(=O)OC(C)(C)C)C2)c1=O. The zero-order chi connectivity index (χ0) is 23.8. The summed E-state index contributed by atoms with van der Waals surface area (Å²) in [4.78, 5) is 49.0. The summed E-state index contributed by atoms with van der Waals surface area (Å²) in [5.74, 6) is -1.16. The minimum atomic E-state index is -4.90. The van der Waals surface area contributed by atoms with E-state index in [0.717, 1.165) is 9.58 Å². The Kier molecular flexibility index (Phi) is 6.74. The number of ether oxygens (including phenoxy) is 1. The number of nitrogens with one attached hydrogen (secondary N) is 1. The monoisotopic (exact) mass is 466 g/mol. The molecule has 1 unspecified atom stereocenters. The summed E-state index contributed by atoms with van der Waals surface area (Å²) >= 11 is 5.80. The molecule has 0 aliphatic carbocycles. The number of likely N-dealkylation sites (tertiary alicyclic amines) is 1. The predicted octanol–water partition coefficient (Wildman–Crippen LogP) is 1.85. The van der Waals surface area contributed by atoms with Gasteiger partial charge in [0.1, 0.15) is 5.60 Å². The number of alkyl halides is 3. The van der Waals surface area contributed by atoms with Crippen LogP contribution in [-0.2, 0) is 23.0 Å². The number of rotatable bonds is 4. The van der Waals surface area contributed by atoms with E-state index < -0.39 is 54.3 Å². The third-order valence-corrected chi connectivity index (χ3v) is 4.91.